The fourth-order valence-corrected chi connectivity index (χ4v) is 2.71. The molecular weight excluding hydrogens is 296 g/mol. The average molecular weight is 318 g/mol. The van der Waals surface area contributed by atoms with E-state index in [2.05, 4.69) is 38.1 Å². The molecule has 2 aromatic rings. The Bertz CT molecular complexity index is 583. The van der Waals surface area contributed by atoms with Gasteiger partial charge >= 0.3 is 0 Å². The Kier molecular flexibility index (Phi) is 6.86. The van der Waals surface area contributed by atoms with Crippen molar-refractivity contribution in [2.24, 2.45) is 4.99 Å². The van der Waals surface area contributed by atoms with Crippen LogP contribution in [0, 0.1) is 0 Å². The zero-order valence-corrected chi connectivity index (χ0v) is 13.8. The summed E-state index contributed by atoms with van der Waals surface area (Å²) in [4.78, 5) is 8.83. The molecule has 2 N–H and O–H groups in total. The molecule has 0 saturated carbocycles. The second kappa shape index (κ2) is 9.17. The van der Waals surface area contributed by atoms with Crippen LogP contribution >= 0.6 is 11.3 Å². The maximum atomic E-state index is 5.29. The summed E-state index contributed by atoms with van der Waals surface area (Å²) in [5, 5.41) is 9.57. The maximum absolute atomic E-state index is 5.29. The van der Waals surface area contributed by atoms with Crippen LogP contribution in [0.25, 0.3) is 10.6 Å². The van der Waals surface area contributed by atoms with Gasteiger partial charge in [0.2, 0.25) is 0 Å². The Morgan fingerprint density at radius 3 is 2.82 bits per heavy atom. The topological polar surface area (TPSA) is 58.5 Å². The molecule has 2 rings (SSSR count). The number of hydrogen-bond donors (Lipinski definition) is 2. The van der Waals surface area contributed by atoms with E-state index in [1.165, 1.54) is 0 Å². The van der Waals surface area contributed by atoms with Crippen LogP contribution in [0.1, 0.15) is 12.6 Å². The number of hydrogen-bond acceptors (Lipinski definition) is 4. The van der Waals surface area contributed by atoms with Gasteiger partial charge in [0, 0.05) is 31.1 Å². The van der Waals surface area contributed by atoms with Crippen molar-refractivity contribution in [1.82, 2.24) is 15.6 Å². The first-order chi connectivity index (χ1) is 10.8. The largest absolute Gasteiger partial charge is 0.380 e. The van der Waals surface area contributed by atoms with Crippen LogP contribution in [0.5, 0.6) is 0 Å². The SMILES string of the molecule is CCOCCNC(=NC)NCc1csc(-c2ccccc2)n1. The van der Waals surface area contributed by atoms with Crippen molar-refractivity contribution in [3.8, 4) is 10.6 Å². The van der Waals surface area contributed by atoms with E-state index in [9.17, 15) is 0 Å². The first-order valence-electron chi connectivity index (χ1n) is 7.35. The molecule has 0 aliphatic heterocycles. The van der Waals surface area contributed by atoms with E-state index in [4.69, 9.17) is 4.74 Å². The lowest BCUT2D eigenvalue weighted by Gasteiger charge is -2.10. The molecule has 0 saturated heterocycles. The van der Waals surface area contributed by atoms with Crippen LogP contribution in [-0.4, -0.2) is 37.7 Å². The van der Waals surface area contributed by atoms with Crippen LogP contribution in [0.15, 0.2) is 40.7 Å². The Morgan fingerprint density at radius 2 is 2.09 bits per heavy atom. The second-order valence-corrected chi connectivity index (χ2v) is 5.42. The van der Waals surface area contributed by atoms with Crippen molar-refractivity contribution in [2.75, 3.05) is 26.8 Å². The minimum absolute atomic E-state index is 0.650. The van der Waals surface area contributed by atoms with Gasteiger partial charge in [0.05, 0.1) is 18.8 Å². The molecule has 22 heavy (non-hydrogen) atoms. The van der Waals surface area contributed by atoms with Crippen molar-refractivity contribution in [1.29, 1.82) is 0 Å². The highest BCUT2D eigenvalue weighted by Gasteiger charge is 2.05. The third kappa shape index (κ3) is 5.13. The quantitative estimate of drug-likeness (QED) is 0.468. The van der Waals surface area contributed by atoms with Crippen LogP contribution in [0.2, 0.25) is 0 Å². The number of aliphatic imine (C=N–C) groups is 1. The van der Waals surface area contributed by atoms with Gasteiger partial charge in [0.1, 0.15) is 5.01 Å². The molecule has 0 aliphatic carbocycles. The molecule has 0 aliphatic rings. The van der Waals surface area contributed by atoms with Gasteiger partial charge in [0.25, 0.3) is 0 Å². The molecule has 0 atom stereocenters. The lowest BCUT2D eigenvalue weighted by Crippen LogP contribution is -2.38. The summed E-state index contributed by atoms with van der Waals surface area (Å²) < 4.78 is 5.29. The van der Waals surface area contributed by atoms with Crippen molar-refractivity contribution in [2.45, 2.75) is 13.5 Å². The molecular formula is C16H22N4OS. The molecule has 0 spiro atoms. The lowest BCUT2D eigenvalue weighted by atomic mass is 10.2. The van der Waals surface area contributed by atoms with Gasteiger partial charge in [-0.05, 0) is 6.92 Å². The number of benzene rings is 1. The lowest BCUT2D eigenvalue weighted by molar-refractivity contribution is 0.152. The van der Waals surface area contributed by atoms with Gasteiger partial charge in [-0.25, -0.2) is 4.98 Å². The summed E-state index contributed by atoms with van der Waals surface area (Å²) >= 11 is 1.65. The minimum Gasteiger partial charge on any atom is -0.380 e. The predicted molar refractivity (Wildman–Crippen MR) is 92.2 cm³/mol. The van der Waals surface area contributed by atoms with E-state index in [1.54, 1.807) is 18.4 Å². The van der Waals surface area contributed by atoms with Crippen molar-refractivity contribution >= 4 is 17.3 Å². The smallest absolute Gasteiger partial charge is 0.191 e. The summed E-state index contributed by atoms with van der Waals surface area (Å²) in [6.45, 7) is 4.78. The van der Waals surface area contributed by atoms with E-state index in [0.29, 0.717) is 13.2 Å². The summed E-state index contributed by atoms with van der Waals surface area (Å²) in [5.41, 5.74) is 2.16. The van der Waals surface area contributed by atoms with E-state index >= 15 is 0 Å². The Labute approximate surface area is 135 Å². The summed E-state index contributed by atoms with van der Waals surface area (Å²) in [7, 11) is 1.76. The number of nitrogens with one attached hydrogen (secondary N) is 2. The Morgan fingerprint density at radius 1 is 1.27 bits per heavy atom. The van der Waals surface area contributed by atoms with Gasteiger partial charge in [-0.2, -0.15) is 0 Å². The zero-order chi connectivity index (χ0) is 15.6. The highest BCUT2D eigenvalue weighted by atomic mass is 32.1. The maximum Gasteiger partial charge on any atom is 0.191 e. The molecule has 0 fully saturated rings. The van der Waals surface area contributed by atoms with E-state index in [1.807, 2.05) is 25.1 Å². The minimum atomic E-state index is 0.650. The molecule has 5 nitrogen and oxygen atoms in total. The summed E-state index contributed by atoms with van der Waals surface area (Å²) in [6.07, 6.45) is 0. The average Bonchev–Trinajstić information content (AvgIpc) is 3.04. The number of thiazole rings is 1. The van der Waals surface area contributed by atoms with Crippen LogP contribution < -0.4 is 10.6 Å². The number of aromatic nitrogens is 1. The predicted octanol–water partition coefficient (Wildman–Crippen LogP) is 2.51. The fourth-order valence-electron chi connectivity index (χ4n) is 1.88. The van der Waals surface area contributed by atoms with Crippen LogP contribution in [0.3, 0.4) is 0 Å². The molecule has 1 aromatic carbocycles. The zero-order valence-electron chi connectivity index (χ0n) is 13.0. The van der Waals surface area contributed by atoms with Gasteiger partial charge in [0.15, 0.2) is 5.96 Å². The highest BCUT2D eigenvalue weighted by molar-refractivity contribution is 7.13. The standard InChI is InChI=1S/C16H22N4OS/c1-3-21-10-9-18-16(17-2)19-11-14-12-22-15(20-14)13-7-5-4-6-8-13/h4-8,12H,3,9-11H2,1-2H3,(H2,17,18,19). The van der Waals surface area contributed by atoms with Gasteiger partial charge in [-0.15, -0.1) is 11.3 Å². The van der Waals surface area contributed by atoms with Crippen LogP contribution in [-0.2, 0) is 11.3 Å². The highest BCUT2D eigenvalue weighted by Crippen LogP contribution is 2.22. The normalized spacial score (nSPS) is 11.5. The number of rotatable bonds is 7. The molecule has 118 valence electrons. The molecule has 0 unspecified atom stereocenters. The van der Waals surface area contributed by atoms with Crippen molar-refractivity contribution < 1.29 is 4.74 Å². The Balaban J connectivity index is 1.82. The van der Waals surface area contributed by atoms with Crippen LogP contribution in [0.4, 0.5) is 0 Å². The molecule has 1 heterocycles. The first-order valence-corrected chi connectivity index (χ1v) is 8.23. The van der Waals surface area contributed by atoms with Crippen molar-refractivity contribution in [3.05, 3.63) is 41.4 Å². The Hall–Kier alpha value is -1.92. The van der Waals surface area contributed by atoms with Crippen molar-refractivity contribution in [3.63, 3.8) is 0 Å². The number of nitrogens with zero attached hydrogens (tertiary/aromatic N) is 2. The monoisotopic (exact) mass is 318 g/mol. The summed E-state index contributed by atoms with van der Waals surface area (Å²) in [5.74, 6) is 0.758. The molecule has 1 aromatic heterocycles. The second-order valence-electron chi connectivity index (χ2n) is 4.56. The first kappa shape index (κ1) is 16.5. The molecule has 0 radical (unpaired) electrons. The van der Waals surface area contributed by atoms with E-state index < -0.39 is 0 Å². The van der Waals surface area contributed by atoms with E-state index in [0.717, 1.165) is 35.4 Å². The summed E-state index contributed by atoms with van der Waals surface area (Å²) in [6, 6.07) is 10.2. The van der Waals surface area contributed by atoms with E-state index in [-0.39, 0.29) is 0 Å². The number of ether oxygens (including phenoxy) is 1. The molecule has 0 bridgehead atoms. The number of guanidine groups is 1. The van der Waals surface area contributed by atoms with Gasteiger partial charge in [-0.3, -0.25) is 4.99 Å². The third-order valence-corrected chi connectivity index (χ3v) is 3.92. The molecule has 0 amide bonds. The fraction of sp³-hybridized carbons (Fsp3) is 0.375. The van der Waals surface area contributed by atoms with Gasteiger partial charge < -0.3 is 15.4 Å². The van der Waals surface area contributed by atoms with Gasteiger partial charge in [-0.1, -0.05) is 30.3 Å². The molecule has 6 heteroatoms. The third-order valence-electron chi connectivity index (χ3n) is 2.98.